The van der Waals surface area contributed by atoms with Crippen LogP contribution in [0.15, 0.2) is 48.8 Å². The quantitative estimate of drug-likeness (QED) is 0.501. The Morgan fingerprint density at radius 3 is 2.58 bits per heavy atom. The average Bonchev–Trinajstić information content (AvgIpc) is 3.16. The number of aromatic nitrogens is 1. The van der Waals surface area contributed by atoms with E-state index >= 15 is 0 Å². The zero-order chi connectivity index (χ0) is 23.6. The summed E-state index contributed by atoms with van der Waals surface area (Å²) in [5.41, 5.74) is 2.81. The molecule has 1 aliphatic rings. The van der Waals surface area contributed by atoms with Crippen LogP contribution in [0.1, 0.15) is 58.3 Å². The molecule has 6 nitrogen and oxygen atoms in total. The first-order chi connectivity index (χ1) is 15.8. The predicted molar refractivity (Wildman–Crippen MR) is 132 cm³/mol. The SMILES string of the molecule is COc1ccccc1NC(=O)c1c(NC(=O)c2cccnc2)sc2c1CC[C@@H](C(C)(C)C)C2. The topological polar surface area (TPSA) is 80.3 Å². The van der Waals surface area contributed by atoms with E-state index in [2.05, 4.69) is 36.4 Å². The molecule has 4 rings (SSSR count). The molecule has 0 saturated heterocycles. The lowest BCUT2D eigenvalue weighted by atomic mass is 9.72. The molecule has 0 radical (unpaired) electrons. The molecular weight excluding hydrogens is 434 g/mol. The Morgan fingerprint density at radius 2 is 1.88 bits per heavy atom. The number of para-hydroxylation sites is 2. The highest BCUT2D eigenvalue weighted by molar-refractivity contribution is 7.17. The fourth-order valence-electron chi connectivity index (χ4n) is 4.26. The number of methoxy groups -OCH3 is 1. The molecule has 33 heavy (non-hydrogen) atoms. The van der Waals surface area contributed by atoms with Crippen molar-refractivity contribution in [3.63, 3.8) is 0 Å². The van der Waals surface area contributed by atoms with E-state index in [1.165, 1.54) is 22.4 Å². The second kappa shape index (κ2) is 9.35. The van der Waals surface area contributed by atoms with E-state index in [0.29, 0.717) is 33.5 Å². The summed E-state index contributed by atoms with van der Waals surface area (Å²) in [4.78, 5) is 31.6. The van der Waals surface area contributed by atoms with E-state index < -0.39 is 0 Å². The van der Waals surface area contributed by atoms with Crippen molar-refractivity contribution < 1.29 is 14.3 Å². The first-order valence-electron chi connectivity index (χ1n) is 11.1. The van der Waals surface area contributed by atoms with Crippen molar-refractivity contribution in [2.75, 3.05) is 17.7 Å². The van der Waals surface area contributed by atoms with Gasteiger partial charge in [0.2, 0.25) is 0 Å². The lowest BCUT2D eigenvalue weighted by molar-refractivity contribution is 0.102. The van der Waals surface area contributed by atoms with Crippen molar-refractivity contribution >= 4 is 33.8 Å². The van der Waals surface area contributed by atoms with Crippen LogP contribution in [0.3, 0.4) is 0 Å². The largest absolute Gasteiger partial charge is 0.495 e. The van der Waals surface area contributed by atoms with E-state index in [1.807, 2.05) is 12.1 Å². The number of fused-ring (bicyclic) bond motifs is 1. The molecule has 2 aromatic heterocycles. The Labute approximate surface area is 198 Å². The van der Waals surface area contributed by atoms with Crippen LogP contribution in [0.25, 0.3) is 0 Å². The molecule has 0 bridgehead atoms. The molecular formula is C26H29N3O3S. The van der Waals surface area contributed by atoms with Gasteiger partial charge in [0, 0.05) is 17.3 Å². The third-order valence-corrected chi connectivity index (χ3v) is 7.39. The molecule has 0 fully saturated rings. The highest BCUT2D eigenvalue weighted by Crippen LogP contribution is 2.44. The molecule has 2 amide bonds. The fraction of sp³-hybridized carbons (Fsp3) is 0.346. The summed E-state index contributed by atoms with van der Waals surface area (Å²) >= 11 is 1.51. The number of hydrogen-bond acceptors (Lipinski definition) is 5. The van der Waals surface area contributed by atoms with Gasteiger partial charge in [0.15, 0.2) is 0 Å². The molecule has 1 aromatic carbocycles. The first kappa shape index (κ1) is 23.0. The van der Waals surface area contributed by atoms with Gasteiger partial charge in [-0.1, -0.05) is 32.9 Å². The second-order valence-corrected chi connectivity index (χ2v) is 10.5. The number of benzene rings is 1. The maximum absolute atomic E-state index is 13.5. The summed E-state index contributed by atoms with van der Waals surface area (Å²) in [6, 6.07) is 10.7. The molecule has 1 atom stereocenters. The first-order valence-corrected chi connectivity index (χ1v) is 11.9. The number of ether oxygens (including phenoxy) is 1. The lowest BCUT2D eigenvalue weighted by Crippen LogP contribution is -2.27. The van der Waals surface area contributed by atoms with Crippen LogP contribution < -0.4 is 15.4 Å². The number of carbonyl (C=O) groups is 2. The van der Waals surface area contributed by atoms with Crippen molar-refractivity contribution in [3.05, 3.63) is 70.4 Å². The van der Waals surface area contributed by atoms with Gasteiger partial charge >= 0.3 is 0 Å². The van der Waals surface area contributed by atoms with Crippen molar-refractivity contribution in [3.8, 4) is 5.75 Å². The predicted octanol–water partition coefficient (Wildman–Crippen LogP) is 5.81. The fourth-order valence-corrected chi connectivity index (χ4v) is 5.58. The summed E-state index contributed by atoms with van der Waals surface area (Å²) in [7, 11) is 1.57. The van der Waals surface area contributed by atoms with Crippen molar-refractivity contribution in [2.45, 2.75) is 40.0 Å². The molecule has 0 spiro atoms. The van der Waals surface area contributed by atoms with Crippen LogP contribution in [0.2, 0.25) is 0 Å². The Balaban J connectivity index is 1.70. The number of amides is 2. The van der Waals surface area contributed by atoms with Gasteiger partial charge in [0.1, 0.15) is 10.8 Å². The van der Waals surface area contributed by atoms with Crippen LogP contribution >= 0.6 is 11.3 Å². The molecule has 172 valence electrons. The standard InChI is InChI=1S/C26H29N3O3S/c1-26(2,3)17-11-12-18-21(14-17)33-25(29-23(30)16-8-7-13-27-15-16)22(18)24(31)28-19-9-5-6-10-20(19)32-4/h5-10,13,15,17H,11-12,14H2,1-4H3,(H,28,31)(H,29,30)/t17-/m1/s1. The highest BCUT2D eigenvalue weighted by atomic mass is 32.1. The lowest BCUT2D eigenvalue weighted by Gasteiger charge is -2.33. The molecule has 7 heteroatoms. The number of pyridine rings is 1. The summed E-state index contributed by atoms with van der Waals surface area (Å²) in [6.07, 6.45) is 5.87. The van der Waals surface area contributed by atoms with Crippen LogP contribution in [-0.4, -0.2) is 23.9 Å². The van der Waals surface area contributed by atoms with Gasteiger partial charge in [-0.3, -0.25) is 14.6 Å². The van der Waals surface area contributed by atoms with Gasteiger partial charge in [0.05, 0.1) is 23.9 Å². The number of thiophene rings is 1. The van der Waals surface area contributed by atoms with Gasteiger partial charge in [-0.2, -0.15) is 0 Å². The molecule has 0 saturated carbocycles. The number of rotatable bonds is 5. The molecule has 1 aliphatic carbocycles. The minimum Gasteiger partial charge on any atom is -0.495 e. The molecule has 3 aromatic rings. The van der Waals surface area contributed by atoms with Gasteiger partial charge in [0.25, 0.3) is 11.8 Å². The third-order valence-electron chi connectivity index (χ3n) is 6.22. The van der Waals surface area contributed by atoms with E-state index in [1.54, 1.807) is 37.6 Å². The smallest absolute Gasteiger partial charge is 0.259 e. The van der Waals surface area contributed by atoms with Crippen molar-refractivity contribution in [1.29, 1.82) is 0 Å². The normalized spacial score (nSPS) is 15.5. The summed E-state index contributed by atoms with van der Waals surface area (Å²) < 4.78 is 5.39. The van der Waals surface area contributed by atoms with Gasteiger partial charge < -0.3 is 15.4 Å². The maximum atomic E-state index is 13.5. The zero-order valence-electron chi connectivity index (χ0n) is 19.4. The number of hydrogen-bond donors (Lipinski definition) is 2. The molecule has 2 N–H and O–H groups in total. The number of carbonyl (C=O) groups excluding carboxylic acids is 2. The third kappa shape index (κ3) is 4.93. The Hall–Kier alpha value is -3.19. The van der Waals surface area contributed by atoms with Crippen molar-refractivity contribution in [2.24, 2.45) is 11.3 Å². The summed E-state index contributed by atoms with van der Waals surface area (Å²) in [5.74, 6) is 0.590. The average molecular weight is 464 g/mol. The van der Waals surface area contributed by atoms with Gasteiger partial charge in [-0.15, -0.1) is 11.3 Å². The zero-order valence-corrected chi connectivity index (χ0v) is 20.2. The summed E-state index contributed by atoms with van der Waals surface area (Å²) in [5, 5.41) is 6.55. The van der Waals surface area contributed by atoms with E-state index in [4.69, 9.17) is 4.74 Å². The monoisotopic (exact) mass is 463 g/mol. The van der Waals surface area contributed by atoms with E-state index in [-0.39, 0.29) is 17.2 Å². The molecule has 2 heterocycles. The Bertz CT molecular complexity index is 1170. The van der Waals surface area contributed by atoms with E-state index in [9.17, 15) is 9.59 Å². The highest BCUT2D eigenvalue weighted by Gasteiger charge is 2.34. The Kier molecular flexibility index (Phi) is 6.51. The van der Waals surface area contributed by atoms with Gasteiger partial charge in [-0.05, 0) is 60.4 Å². The van der Waals surface area contributed by atoms with Crippen LogP contribution in [-0.2, 0) is 12.8 Å². The number of nitrogens with zero attached hydrogens (tertiary/aromatic N) is 1. The summed E-state index contributed by atoms with van der Waals surface area (Å²) in [6.45, 7) is 6.78. The van der Waals surface area contributed by atoms with Crippen LogP contribution in [0, 0.1) is 11.3 Å². The number of nitrogens with one attached hydrogen (secondary N) is 2. The van der Waals surface area contributed by atoms with Crippen molar-refractivity contribution in [1.82, 2.24) is 4.98 Å². The van der Waals surface area contributed by atoms with Crippen LogP contribution in [0.5, 0.6) is 5.75 Å². The second-order valence-electron chi connectivity index (χ2n) is 9.36. The molecule has 0 aliphatic heterocycles. The van der Waals surface area contributed by atoms with Gasteiger partial charge in [-0.25, -0.2) is 0 Å². The maximum Gasteiger partial charge on any atom is 0.259 e. The minimum absolute atomic E-state index is 0.181. The minimum atomic E-state index is -0.277. The Morgan fingerprint density at radius 1 is 1.09 bits per heavy atom. The van der Waals surface area contributed by atoms with E-state index in [0.717, 1.165) is 24.8 Å². The number of anilines is 2. The van der Waals surface area contributed by atoms with Crippen LogP contribution in [0.4, 0.5) is 10.7 Å². The molecule has 0 unspecified atom stereocenters.